The van der Waals surface area contributed by atoms with E-state index in [-0.39, 0.29) is 23.1 Å². The Bertz CT molecular complexity index is 613. The zero-order chi connectivity index (χ0) is 15.7. The lowest BCUT2D eigenvalue weighted by Gasteiger charge is -2.41. The number of amides is 1. The topological polar surface area (TPSA) is 101 Å². The molecule has 1 heterocycles. The molecule has 0 aromatic heterocycles. The van der Waals surface area contributed by atoms with Gasteiger partial charge < -0.3 is 10.0 Å². The van der Waals surface area contributed by atoms with Crippen molar-refractivity contribution in [1.29, 1.82) is 0 Å². The van der Waals surface area contributed by atoms with Crippen LogP contribution in [0.1, 0.15) is 17.3 Å². The molecule has 1 fully saturated rings. The Balaban J connectivity index is 2.11. The van der Waals surface area contributed by atoms with Crippen molar-refractivity contribution < 1.29 is 19.6 Å². The fraction of sp³-hybridized carbons (Fsp3) is 0.385. The largest absolute Gasteiger partial charge is 0.481 e. The minimum Gasteiger partial charge on any atom is -0.481 e. The van der Waals surface area contributed by atoms with E-state index in [1.54, 1.807) is 6.92 Å². The molecule has 1 amide bonds. The van der Waals surface area contributed by atoms with Crippen molar-refractivity contribution in [2.75, 3.05) is 13.1 Å². The zero-order valence-electron chi connectivity index (χ0n) is 11.2. The van der Waals surface area contributed by atoms with Crippen molar-refractivity contribution in [2.24, 2.45) is 11.8 Å². The van der Waals surface area contributed by atoms with Gasteiger partial charge in [-0.25, -0.2) is 0 Å². The molecule has 2 rings (SSSR count). The van der Waals surface area contributed by atoms with E-state index in [0.717, 1.165) is 0 Å². The number of rotatable bonds is 4. The third-order valence-corrected chi connectivity index (χ3v) is 4.63. The maximum atomic E-state index is 12.3. The molecule has 1 aliphatic heterocycles. The van der Waals surface area contributed by atoms with E-state index < -0.39 is 16.8 Å². The van der Waals surface area contributed by atoms with E-state index in [4.69, 9.17) is 5.11 Å². The summed E-state index contributed by atoms with van der Waals surface area (Å²) in [6, 6.07) is 4.14. The maximum Gasteiger partial charge on any atom is 0.306 e. The number of aliphatic carboxylic acids is 1. The highest BCUT2D eigenvalue weighted by atomic mass is 127. The predicted octanol–water partition coefficient (Wildman–Crippen LogP) is 1.99. The van der Waals surface area contributed by atoms with Gasteiger partial charge in [0.2, 0.25) is 0 Å². The maximum absolute atomic E-state index is 12.3. The summed E-state index contributed by atoms with van der Waals surface area (Å²) in [5.41, 5.74) is 0.154. The number of carboxylic acids is 1. The Morgan fingerprint density at radius 1 is 1.48 bits per heavy atom. The van der Waals surface area contributed by atoms with Gasteiger partial charge in [-0.3, -0.25) is 19.7 Å². The van der Waals surface area contributed by atoms with Gasteiger partial charge in [0.05, 0.1) is 16.4 Å². The Kier molecular flexibility index (Phi) is 4.45. The molecule has 1 aliphatic rings. The Labute approximate surface area is 134 Å². The molecule has 1 unspecified atom stereocenters. The van der Waals surface area contributed by atoms with E-state index in [1.807, 2.05) is 22.6 Å². The standard InChI is InChI=1S/C13H13IN2O5/c1-7(13(18)19)8-5-15(6-8)12(17)10-4-9(16(20)21)2-3-11(10)14/h2-4,7-8H,5-6H2,1H3,(H,18,19). The number of hydrogen-bond acceptors (Lipinski definition) is 4. The van der Waals surface area contributed by atoms with Gasteiger partial charge in [0.1, 0.15) is 0 Å². The molecule has 1 aromatic carbocycles. The number of halogens is 1. The van der Waals surface area contributed by atoms with E-state index in [9.17, 15) is 19.7 Å². The number of nitro groups is 1. The highest BCUT2D eigenvalue weighted by Gasteiger charge is 2.38. The summed E-state index contributed by atoms with van der Waals surface area (Å²) in [5, 5.41) is 19.7. The molecular formula is C13H13IN2O5. The average molecular weight is 404 g/mol. The first-order valence-electron chi connectivity index (χ1n) is 6.27. The number of nitrogens with zero attached hydrogens (tertiary/aromatic N) is 2. The Morgan fingerprint density at radius 3 is 2.62 bits per heavy atom. The zero-order valence-corrected chi connectivity index (χ0v) is 13.3. The Morgan fingerprint density at radius 2 is 2.10 bits per heavy atom. The highest BCUT2D eigenvalue weighted by Crippen LogP contribution is 2.28. The van der Waals surface area contributed by atoms with E-state index in [2.05, 4.69) is 0 Å². The van der Waals surface area contributed by atoms with Crippen LogP contribution in [-0.4, -0.2) is 39.9 Å². The molecule has 0 spiro atoms. The lowest BCUT2D eigenvalue weighted by molar-refractivity contribution is -0.384. The lowest BCUT2D eigenvalue weighted by atomic mass is 9.86. The van der Waals surface area contributed by atoms with Gasteiger partial charge in [-0.1, -0.05) is 6.92 Å². The van der Waals surface area contributed by atoms with E-state index >= 15 is 0 Å². The van der Waals surface area contributed by atoms with Gasteiger partial charge in [-0.05, 0) is 28.7 Å². The quantitative estimate of drug-likeness (QED) is 0.470. The van der Waals surface area contributed by atoms with Crippen LogP contribution in [0.4, 0.5) is 5.69 Å². The summed E-state index contributed by atoms with van der Waals surface area (Å²) in [5.74, 6) is -1.74. The van der Waals surface area contributed by atoms with Gasteiger partial charge in [0, 0.05) is 34.7 Å². The molecule has 0 bridgehead atoms. The first-order chi connectivity index (χ1) is 9.81. The number of non-ortho nitro benzene ring substituents is 1. The second-order valence-electron chi connectivity index (χ2n) is 5.02. The molecule has 1 aromatic rings. The minimum atomic E-state index is -0.878. The number of carbonyl (C=O) groups excluding carboxylic acids is 1. The Hall–Kier alpha value is -1.71. The molecule has 7 nitrogen and oxygen atoms in total. The van der Waals surface area contributed by atoms with Crippen molar-refractivity contribution in [3.8, 4) is 0 Å². The number of carboxylic acid groups (broad SMARTS) is 1. The summed E-state index contributed by atoms with van der Waals surface area (Å²) in [6.45, 7) is 2.35. The lowest BCUT2D eigenvalue weighted by Crippen LogP contribution is -2.53. The molecular weight excluding hydrogens is 391 g/mol. The van der Waals surface area contributed by atoms with Crippen LogP contribution >= 0.6 is 22.6 Å². The van der Waals surface area contributed by atoms with Crippen molar-refractivity contribution in [1.82, 2.24) is 4.90 Å². The molecule has 0 saturated carbocycles. The van der Waals surface area contributed by atoms with Crippen molar-refractivity contribution in [3.05, 3.63) is 37.4 Å². The molecule has 21 heavy (non-hydrogen) atoms. The van der Waals surface area contributed by atoms with Crippen molar-refractivity contribution in [2.45, 2.75) is 6.92 Å². The summed E-state index contributed by atoms with van der Waals surface area (Å²) in [7, 11) is 0. The third-order valence-electron chi connectivity index (χ3n) is 3.68. The van der Waals surface area contributed by atoms with Crippen LogP contribution in [0.5, 0.6) is 0 Å². The third kappa shape index (κ3) is 3.14. The molecule has 1 N–H and O–H groups in total. The number of likely N-dealkylation sites (tertiary alicyclic amines) is 1. The molecule has 112 valence electrons. The van der Waals surface area contributed by atoms with Gasteiger partial charge in [0.25, 0.3) is 11.6 Å². The van der Waals surface area contributed by atoms with Crippen LogP contribution in [-0.2, 0) is 4.79 Å². The van der Waals surface area contributed by atoms with Crippen LogP contribution in [0.3, 0.4) is 0 Å². The fourth-order valence-electron chi connectivity index (χ4n) is 2.16. The van der Waals surface area contributed by atoms with Gasteiger partial charge >= 0.3 is 5.97 Å². The smallest absolute Gasteiger partial charge is 0.306 e. The normalized spacial score (nSPS) is 16.2. The molecule has 8 heteroatoms. The number of hydrogen-bond donors (Lipinski definition) is 1. The van der Waals surface area contributed by atoms with Crippen LogP contribution < -0.4 is 0 Å². The monoisotopic (exact) mass is 404 g/mol. The van der Waals surface area contributed by atoms with Gasteiger partial charge in [-0.2, -0.15) is 0 Å². The van der Waals surface area contributed by atoms with Crippen molar-refractivity contribution in [3.63, 3.8) is 0 Å². The molecule has 1 saturated heterocycles. The summed E-state index contributed by atoms with van der Waals surface area (Å²) in [4.78, 5) is 34.9. The van der Waals surface area contributed by atoms with Crippen LogP contribution in [0.25, 0.3) is 0 Å². The number of benzene rings is 1. The van der Waals surface area contributed by atoms with Crippen molar-refractivity contribution >= 4 is 40.2 Å². The summed E-state index contributed by atoms with van der Waals surface area (Å²) in [6.07, 6.45) is 0. The second kappa shape index (κ2) is 5.96. The predicted molar refractivity (Wildman–Crippen MR) is 82.0 cm³/mol. The van der Waals surface area contributed by atoms with Gasteiger partial charge in [0.15, 0.2) is 0 Å². The first kappa shape index (κ1) is 15.7. The van der Waals surface area contributed by atoms with Crippen LogP contribution in [0, 0.1) is 25.5 Å². The first-order valence-corrected chi connectivity index (χ1v) is 7.35. The van der Waals surface area contributed by atoms with E-state index in [0.29, 0.717) is 16.7 Å². The number of nitro benzene ring substituents is 1. The minimum absolute atomic E-state index is 0.0668. The SMILES string of the molecule is CC(C(=O)O)C1CN(C(=O)c2cc([N+](=O)[O-])ccc2I)C1. The van der Waals surface area contributed by atoms with E-state index in [1.165, 1.54) is 23.1 Å². The average Bonchev–Trinajstić information content (AvgIpc) is 2.36. The fourth-order valence-corrected chi connectivity index (χ4v) is 2.72. The highest BCUT2D eigenvalue weighted by molar-refractivity contribution is 14.1. The summed E-state index contributed by atoms with van der Waals surface area (Å²) < 4.78 is 0.637. The van der Waals surface area contributed by atoms with Crippen LogP contribution in [0.15, 0.2) is 18.2 Å². The molecule has 1 atom stereocenters. The van der Waals surface area contributed by atoms with Crippen LogP contribution in [0.2, 0.25) is 0 Å². The summed E-state index contributed by atoms with van der Waals surface area (Å²) >= 11 is 1.95. The van der Waals surface area contributed by atoms with Gasteiger partial charge in [-0.15, -0.1) is 0 Å². The second-order valence-corrected chi connectivity index (χ2v) is 6.18. The molecule has 0 aliphatic carbocycles. The molecule has 0 radical (unpaired) electrons. The number of carbonyl (C=O) groups is 2.